The molecular weight excluding hydrogens is 486 g/mol. The Labute approximate surface area is 221 Å². The number of phenolic OH excluding ortho intramolecular Hbond substituents is 1. The van der Waals surface area contributed by atoms with E-state index in [1.54, 1.807) is 49.4 Å². The first-order valence-corrected chi connectivity index (χ1v) is 12.5. The number of hydrogen-bond donors (Lipinski definition) is 2. The van der Waals surface area contributed by atoms with E-state index < -0.39 is 17.7 Å². The van der Waals surface area contributed by atoms with Crippen molar-refractivity contribution in [2.75, 3.05) is 20.3 Å². The van der Waals surface area contributed by atoms with Gasteiger partial charge >= 0.3 is 0 Å². The molecule has 3 aromatic rings. The van der Waals surface area contributed by atoms with Crippen molar-refractivity contribution in [3.05, 3.63) is 89.0 Å². The molecule has 1 amide bonds. The number of ketones is 1. The number of benzene rings is 3. The molecule has 1 aliphatic rings. The molecule has 1 heterocycles. The standard InChI is InChI=1S/C30H31NO7/c1-4-16-38-22-13-10-19(11-14-22)28(33)26-27(20-12-15-23(32)25(17-20)37-5-2)31(30(35)29(26)34)18-21-8-6-7-9-24(21)36-3/h6-15,17,27,32-33H,4-5,16,18H2,1-3H3/b28-26-. The van der Waals surface area contributed by atoms with E-state index >= 15 is 0 Å². The Kier molecular flexibility index (Phi) is 8.21. The number of likely N-dealkylation sites (tertiary alicyclic amines) is 1. The predicted octanol–water partition coefficient (Wildman–Crippen LogP) is 5.21. The van der Waals surface area contributed by atoms with Crippen LogP contribution < -0.4 is 14.2 Å². The molecule has 38 heavy (non-hydrogen) atoms. The van der Waals surface area contributed by atoms with Gasteiger partial charge in [0.2, 0.25) is 0 Å². The van der Waals surface area contributed by atoms with Gasteiger partial charge in [-0.25, -0.2) is 0 Å². The number of aliphatic hydroxyl groups is 1. The van der Waals surface area contributed by atoms with E-state index in [1.807, 2.05) is 25.1 Å². The molecule has 1 aliphatic heterocycles. The summed E-state index contributed by atoms with van der Waals surface area (Å²) in [5, 5.41) is 21.6. The third kappa shape index (κ3) is 5.29. The molecule has 0 saturated carbocycles. The van der Waals surface area contributed by atoms with Crippen molar-refractivity contribution in [1.29, 1.82) is 0 Å². The molecule has 4 rings (SSSR count). The van der Waals surface area contributed by atoms with E-state index in [2.05, 4.69) is 0 Å². The van der Waals surface area contributed by atoms with Crippen molar-refractivity contribution in [2.45, 2.75) is 32.9 Å². The highest BCUT2D eigenvalue weighted by molar-refractivity contribution is 6.46. The van der Waals surface area contributed by atoms with Gasteiger partial charge in [0, 0.05) is 11.1 Å². The summed E-state index contributed by atoms with van der Waals surface area (Å²) in [5.74, 6) is -0.515. The second-order valence-corrected chi connectivity index (χ2v) is 8.77. The number of aliphatic hydroxyl groups excluding tert-OH is 1. The van der Waals surface area contributed by atoms with Crippen LogP contribution in [0.15, 0.2) is 72.3 Å². The van der Waals surface area contributed by atoms with Gasteiger partial charge in [-0.3, -0.25) is 9.59 Å². The van der Waals surface area contributed by atoms with Gasteiger partial charge in [-0.1, -0.05) is 31.2 Å². The molecule has 0 aromatic heterocycles. The normalized spacial score (nSPS) is 16.5. The summed E-state index contributed by atoms with van der Waals surface area (Å²) in [6, 6.07) is 17.6. The highest BCUT2D eigenvalue weighted by Crippen LogP contribution is 2.43. The zero-order chi connectivity index (χ0) is 27.2. The van der Waals surface area contributed by atoms with Gasteiger partial charge in [0.05, 0.1) is 38.5 Å². The van der Waals surface area contributed by atoms with Crippen LogP contribution in [-0.2, 0) is 16.1 Å². The van der Waals surface area contributed by atoms with Crippen molar-refractivity contribution in [2.24, 2.45) is 0 Å². The molecule has 0 spiro atoms. The van der Waals surface area contributed by atoms with E-state index in [-0.39, 0.29) is 29.4 Å². The number of aromatic hydroxyl groups is 1. The van der Waals surface area contributed by atoms with Crippen LogP contribution in [0, 0.1) is 0 Å². The Balaban J connectivity index is 1.84. The zero-order valence-corrected chi connectivity index (χ0v) is 21.6. The number of rotatable bonds is 10. The summed E-state index contributed by atoms with van der Waals surface area (Å²) in [6.45, 7) is 4.72. The molecule has 0 radical (unpaired) electrons. The van der Waals surface area contributed by atoms with Crippen molar-refractivity contribution in [1.82, 2.24) is 4.90 Å². The fourth-order valence-electron chi connectivity index (χ4n) is 4.46. The lowest BCUT2D eigenvalue weighted by Crippen LogP contribution is -2.29. The molecule has 0 aliphatic carbocycles. The van der Waals surface area contributed by atoms with Crippen molar-refractivity contribution < 1.29 is 34.0 Å². The van der Waals surface area contributed by atoms with E-state index in [0.717, 1.165) is 6.42 Å². The summed E-state index contributed by atoms with van der Waals surface area (Å²) < 4.78 is 16.6. The minimum Gasteiger partial charge on any atom is -0.507 e. The first-order chi connectivity index (χ1) is 18.4. The van der Waals surface area contributed by atoms with Crippen LogP contribution in [-0.4, -0.2) is 47.1 Å². The maximum atomic E-state index is 13.4. The van der Waals surface area contributed by atoms with Gasteiger partial charge in [0.25, 0.3) is 11.7 Å². The van der Waals surface area contributed by atoms with Crippen LogP contribution in [0.1, 0.15) is 43.0 Å². The molecule has 3 aromatic carbocycles. The first-order valence-electron chi connectivity index (χ1n) is 12.5. The second kappa shape index (κ2) is 11.7. The fraction of sp³-hybridized carbons (Fsp3) is 0.267. The van der Waals surface area contributed by atoms with E-state index in [4.69, 9.17) is 14.2 Å². The van der Waals surface area contributed by atoms with E-state index in [1.165, 1.54) is 18.1 Å². The number of methoxy groups -OCH3 is 1. The molecule has 198 valence electrons. The number of nitrogens with zero attached hydrogens (tertiary/aromatic N) is 1. The molecule has 0 bridgehead atoms. The lowest BCUT2D eigenvalue weighted by molar-refractivity contribution is -0.140. The van der Waals surface area contributed by atoms with E-state index in [0.29, 0.717) is 41.4 Å². The molecule has 8 nitrogen and oxygen atoms in total. The van der Waals surface area contributed by atoms with Gasteiger partial charge in [-0.2, -0.15) is 0 Å². The van der Waals surface area contributed by atoms with Gasteiger partial charge < -0.3 is 29.3 Å². The maximum absolute atomic E-state index is 13.4. The lowest BCUT2D eigenvalue weighted by atomic mass is 9.94. The minimum absolute atomic E-state index is 0.0553. The van der Waals surface area contributed by atoms with E-state index in [9.17, 15) is 19.8 Å². The minimum atomic E-state index is -0.935. The highest BCUT2D eigenvalue weighted by Gasteiger charge is 2.46. The number of phenols is 1. The van der Waals surface area contributed by atoms with Crippen LogP contribution in [0.4, 0.5) is 0 Å². The average molecular weight is 518 g/mol. The summed E-state index contributed by atoms with van der Waals surface area (Å²) >= 11 is 0. The average Bonchev–Trinajstić information content (AvgIpc) is 3.18. The van der Waals surface area contributed by atoms with Crippen LogP contribution in [0.25, 0.3) is 5.76 Å². The predicted molar refractivity (Wildman–Crippen MR) is 142 cm³/mol. The lowest BCUT2D eigenvalue weighted by Gasteiger charge is -2.26. The van der Waals surface area contributed by atoms with Crippen molar-refractivity contribution >= 4 is 17.4 Å². The first kappa shape index (κ1) is 26.6. The Bertz CT molecular complexity index is 1350. The number of hydrogen-bond acceptors (Lipinski definition) is 7. The zero-order valence-electron chi connectivity index (χ0n) is 21.6. The smallest absolute Gasteiger partial charge is 0.295 e. The Morgan fingerprint density at radius 2 is 1.68 bits per heavy atom. The number of Topliss-reactive ketones (excluding diaryl/α,β-unsaturated/α-hetero) is 1. The molecular formula is C30H31NO7. The monoisotopic (exact) mass is 517 g/mol. The SMILES string of the molecule is CCCOc1ccc(/C(O)=C2/C(=O)C(=O)N(Cc3ccccc3OC)C2c2ccc(O)c(OCC)c2)cc1. The summed E-state index contributed by atoms with van der Waals surface area (Å²) in [6.07, 6.45) is 0.855. The third-order valence-corrected chi connectivity index (χ3v) is 6.27. The molecule has 1 fully saturated rings. The van der Waals surface area contributed by atoms with Crippen molar-refractivity contribution in [3.63, 3.8) is 0 Å². The summed E-state index contributed by atoms with van der Waals surface area (Å²) in [5.41, 5.74) is 1.52. The number of carbonyl (C=O) groups is 2. The highest BCUT2D eigenvalue weighted by atomic mass is 16.5. The molecule has 1 saturated heterocycles. The quantitative estimate of drug-likeness (QED) is 0.216. The Hall–Kier alpha value is -4.46. The van der Waals surface area contributed by atoms with Crippen molar-refractivity contribution in [3.8, 4) is 23.0 Å². The number of amides is 1. The van der Waals surface area contributed by atoms with Crippen LogP contribution >= 0.6 is 0 Å². The second-order valence-electron chi connectivity index (χ2n) is 8.77. The number of ether oxygens (including phenoxy) is 3. The number of carbonyl (C=O) groups excluding carboxylic acids is 2. The largest absolute Gasteiger partial charge is 0.507 e. The fourth-order valence-corrected chi connectivity index (χ4v) is 4.46. The Morgan fingerprint density at radius 3 is 2.37 bits per heavy atom. The maximum Gasteiger partial charge on any atom is 0.295 e. The van der Waals surface area contributed by atoms with Crippen LogP contribution in [0.5, 0.6) is 23.0 Å². The number of para-hydroxylation sites is 1. The third-order valence-electron chi connectivity index (χ3n) is 6.27. The molecule has 8 heteroatoms. The van der Waals surface area contributed by atoms with Gasteiger partial charge in [0.1, 0.15) is 17.3 Å². The molecule has 2 N–H and O–H groups in total. The Morgan fingerprint density at radius 1 is 0.947 bits per heavy atom. The van der Waals surface area contributed by atoms with Gasteiger partial charge in [-0.15, -0.1) is 0 Å². The molecule has 1 atom stereocenters. The van der Waals surface area contributed by atoms with Crippen LogP contribution in [0.3, 0.4) is 0 Å². The summed E-state index contributed by atoms with van der Waals surface area (Å²) in [4.78, 5) is 28.2. The van der Waals surface area contributed by atoms with Gasteiger partial charge in [-0.05, 0) is 61.4 Å². The van der Waals surface area contributed by atoms with Gasteiger partial charge in [0.15, 0.2) is 11.5 Å². The molecule has 1 unspecified atom stereocenters. The topological polar surface area (TPSA) is 106 Å². The van der Waals surface area contributed by atoms with Crippen LogP contribution in [0.2, 0.25) is 0 Å². The summed E-state index contributed by atoms with van der Waals surface area (Å²) in [7, 11) is 1.53.